The smallest absolute Gasteiger partial charge is 0.224 e. The summed E-state index contributed by atoms with van der Waals surface area (Å²) in [4.78, 5) is 12.0. The van der Waals surface area contributed by atoms with Crippen molar-refractivity contribution in [2.45, 2.75) is 37.8 Å². The van der Waals surface area contributed by atoms with Crippen molar-refractivity contribution in [3.63, 3.8) is 0 Å². The van der Waals surface area contributed by atoms with E-state index in [0.717, 1.165) is 31.5 Å². The van der Waals surface area contributed by atoms with Crippen LogP contribution in [0, 0.1) is 28.4 Å². The first-order chi connectivity index (χ1) is 14.0. The SMILES string of the molecule is N#CC1(C2CC(NCCNC(=O)Cc3ccc(F)c(F)c3)CCN2)C=CC=CC1. The van der Waals surface area contributed by atoms with E-state index in [9.17, 15) is 18.8 Å². The van der Waals surface area contributed by atoms with Crippen LogP contribution < -0.4 is 16.0 Å². The molecule has 0 radical (unpaired) electrons. The van der Waals surface area contributed by atoms with Crippen LogP contribution in [0.25, 0.3) is 0 Å². The van der Waals surface area contributed by atoms with E-state index < -0.39 is 17.0 Å². The van der Waals surface area contributed by atoms with E-state index >= 15 is 0 Å². The molecule has 3 unspecified atom stereocenters. The van der Waals surface area contributed by atoms with Crippen LogP contribution in [0.15, 0.2) is 42.5 Å². The summed E-state index contributed by atoms with van der Waals surface area (Å²) in [6.45, 7) is 1.89. The summed E-state index contributed by atoms with van der Waals surface area (Å²) < 4.78 is 26.2. The van der Waals surface area contributed by atoms with Gasteiger partial charge in [0.2, 0.25) is 5.91 Å². The van der Waals surface area contributed by atoms with Gasteiger partial charge >= 0.3 is 0 Å². The maximum Gasteiger partial charge on any atom is 0.224 e. The minimum atomic E-state index is -0.948. The second kappa shape index (κ2) is 9.77. The normalized spacial score (nSPS) is 26.1. The average Bonchev–Trinajstić information content (AvgIpc) is 2.74. The van der Waals surface area contributed by atoms with Crippen LogP contribution in [0.2, 0.25) is 0 Å². The highest BCUT2D eigenvalue weighted by Crippen LogP contribution is 2.34. The van der Waals surface area contributed by atoms with Gasteiger partial charge in [0.1, 0.15) is 0 Å². The van der Waals surface area contributed by atoms with Gasteiger partial charge in [-0.25, -0.2) is 8.78 Å². The summed E-state index contributed by atoms with van der Waals surface area (Å²) in [5.41, 5.74) is -0.0692. The number of nitriles is 1. The van der Waals surface area contributed by atoms with Gasteiger partial charge in [-0.3, -0.25) is 4.79 Å². The first kappa shape index (κ1) is 21.2. The summed E-state index contributed by atoms with van der Waals surface area (Å²) in [6.07, 6.45) is 10.5. The van der Waals surface area contributed by atoms with E-state index in [0.29, 0.717) is 25.1 Å². The lowest BCUT2D eigenvalue weighted by atomic mass is 9.72. The first-order valence-corrected chi connectivity index (χ1v) is 9.95. The van der Waals surface area contributed by atoms with E-state index in [1.165, 1.54) is 6.07 Å². The van der Waals surface area contributed by atoms with Crippen molar-refractivity contribution in [1.82, 2.24) is 16.0 Å². The Morgan fingerprint density at radius 1 is 1.28 bits per heavy atom. The molecule has 1 aliphatic heterocycles. The molecule has 1 fully saturated rings. The van der Waals surface area contributed by atoms with Crippen molar-refractivity contribution in [2.24, 2.45) is 5.41 Å². The second-order valence-electron chi connectivity index (χ2n) is 7.60. The summed E-state index contributed by atoms with van der Waals surface area (Å²) >= 11 is 0. The largest absolute Gasteiger partial charge is 0.355 e. The highest BCUT2D eigenvalue weighted by atomic mass is 19.2. The van der Waals surface area contributed by atoms with E-state index in [1.54, 1.807) is 0 Å². The lowest BCUT2D eigenvalue weighted by Gasteiger charge is -2.39. The highest BCUT2D eigenvalue weighted by molar-refractivity contribution is 5.78. The number of benzene rings is 1. The zero-order chi connectivity index (χ0) is 20.7. The molecule has 7 heteroatoms. The number of nitrogens with one attached hydrogen (secondary N) is 3. The Morgan fingerprint density at radius 3 is 2.86 bits per heavy atom. The molecule has 2 aliphatic rings. The highest BCUT2D eigenvalue weighted by Gasteiger charge is 2.39. The van der Waals surface area contributed by atoms with Crippen LogP contribution in [0.5, 0.6) is 0 Å². The molecule has 29 heavy (non-hydrogen) atoms. The standard InChI is InChI=1S/C22H26F2N4O/c23-18-5-4-16(12-19(18)24)13-21(29)28-11-10-26-17-6-9-27-20(14-17)22(15-25)7-2-1-3-8-22/h1-5,7,12,17,20,26-27H,6,8-11,13-14H2,(H,28,29). The van der Waals surface area contributed by atoms with Crippen molar-refractivity contribution in [2.75, 3.05) is 19.6 Å². The maximum atomic E-state index is 13.2. The quantitative estimate of drug-likeness (QED) is 0.614. The Balaban J connectivity index is 1.40. The van der Waals surface area contributed by atoms with Crippen molar-refractivity contribution in [3.8, 4) is 6.07 Å². The van der Waals surface area contributed by atoms with Gasteiger partial charge in [-0.1, -0.05) is 30.4 Å². The molecule has 0 bridgehead atoms. The number of hydrogen-bond acceptors (Lipinski definition) is 4. The molecule has 1 aliphatic carbocycles. The number of nitrogens with zero attached hydrogens (tertiary/aromatic N) is 1. The Hall–Kier alpha value is -2.56. The van der Waals surface area contributed by atoms with Crippen molar-refractivity contribution in [3.05, 3.63) is 59.7 Å². The molecular weight excluding hydrogens is 374 g/mol. The van der Waals surface area contributed by atoms with Crippen molar-refractivity contribution < 1.29 is 13.6 Å². The third-order valence-corrected chi connectivity index (χ3v) is 5.56. The van der Waals surface area contributed by atoms with Crippen molar-refractivity contribution in [1.29, 1.82) is 5.26 Å². The van der Waals surface area contributed by atoms with Gasteiger partial charge in [-0.2, -0.15) is 5.26 Å². The molecule has 1 amide bonds. The van der Waals surface area contributed by atoms with Crippen molar-refractivity contribution >= 4 is 5.91 Å². The van der Waals surface area contributed by atoms with Crippen LogP contribution in [0.1, 0.15) is 24.8 Å². The topological polar surface area (TPSA) is 77.0 Å². The monoisotopic (exact) mass is 400 g/mol. The van der Waals surface area contributed by atoms with E-state index in [4.69, 9.17) is 0 Å². The van der Waals surface area contributed by atoms with Gasteiger partial charge in [0, 0.05) is 25.2 Å². The first-order valence-electron chi connectivity index (χ1n) is 9.95. The molecule has 154 valence electrons. The summed E-state index contributed by atoms with van der Waals surface area (Å²) in [7, 11) is 0. The second-order valence-corrected chi connectivity index (χ2v) is 7.60. The average molecular weight is 400 g/mol. The third kappa shape index (κ3) is 5.49. The van der Waals surface area contributed by atoms with E-state index in [1.807, 2.05) is 24.3 Å². The molecule has 0 spiro atoms. The fourth-order valence-electron chi connectivity index (χ4n) is 3.93. The van der Waals surface area contributed by atoms with E-state index in [2.05, 4.69) is 22.0 Å². The fourth-order valence-corrected chi connectivity index (χ4v) is 3.93. The van der Waals surface area contributed by atoms with Crippen LogP contribution in [-0.2, 0) is 11.2 Å². The Labute approximate surface area is 169 Å². The number of rotatable bonds is 7. The molecule has 1 aromatic carbocycles. The predicted octanol–water partition coefficient (Wildman–Crippen LogP) is 2.36. The predicted molar refractivity (Wildman–Crippen MR) is 107 cm³/mol. The van der Waals surface area contributed by atoms with Crippen LogP contribution in [0.3, 0.4) is 0 Å². The number of carbonyl (C=O) groups is 1. The Bertz CT molecular complexity index is 833. The summed E-state index contributed by atoms with van der Waals surface area (Å²) in [5, 5.41) is 19.4. The minimum absolute atomic E-state index is 0.0111. The molecule has 0 saturated carbocycles. The number of piperidine rings is 1. The molecule has 3 atom stereocenters. The maximum absolute atomic E-state index is 13.2. The van der Waals surface area contributed by atoms with Gasteiger partial charge in [0.05, 0.1) is 17.9 Å². The third-order valence-electron chi connectivity index (χ3n) is 5.56. The minimum Gasteiger partial charge on any atom is -0.355 e. The Kier molecular flexibility index (Phi) is 7.13. The lowest BCUT2D eigenvalue weighted by Crippen LogP contribution is -2.53. The van der Waals surface area contributed by atoms with Crippen LogP contribution >= 0.6 is 0 Å². The molecule has 1 saturated heterocycles. The molecular formula is C22H26F2N4O. The number of carbonyl (C=O) groups excluding carboxylic acids is 1. The number of allylic oxidation sites excluding steroid dienone is 3. The van der Waals surface area contributed by atoms with Gasteiger partial charge < -0.3 is 16.0 Å². The molecule has 3 N–H and O–H groups in total. The van der Waals surface area contributed by atoms with Gasteiger partial charge in [0.25, 0.3) is 0 Å². The molecule has 1 aromatic rings. The Morgan fingerprint density at radius 2 is 2.14 bits per heavy atom. The number of amides is 1. The molecule has 5 nitrogen and oxygen atoms in total. The van der Waals surface area contributed by atoms with Crippen LogP contribution in [-0.4, -0.2) is 37.6 Å². The molecule has 3 rings (SSSR count). The van der Waals surface area contributed by atoms with Gasteiger partial charge in [0.15, 0.2) is 11.6 Å². The van der Waals surface area contributed by atoms with Gasteiger partial charge in [-0.05, 0) is 43.5 Å². The zero-order valence-electron chi connectivity index (χ0n) is 16.3. The zero-order valence-corrected chi connectivity index (χ0v) is 16.3. The summed E-state index contributed by atoms with van der Waals surface area (Å²) in [6, 6.07) is 6.32. The van der Waals surface area contributed by atoms with Gasteiger partial charge in [-0.15, -0.1) is 0 Å². The lowest BCUT2D eigenvalue weighted by molar-refractivity contribution is -0.120. The fraction of sp³-hybridized carbons (Fsp3) is 0.455. The van der Waals surface area contributed by atoms with Crippen LogP contribution in [0.4, 0.5) is 8.78 Å². The molecule has 0 aromatic heterocycles. The molecule has 1 heterocycles. The van der Waals surface area contributed by atoms with E-state index in [-0.39, 0.29) is 24.4 Å². The number of hydrogen-bond donors (Lipinski definition) is 3. The summed E-state index contributed by atoms with van der Waals surface area (Å²) in [5.74, 6) is -2.10. The number of halogens is 2.